The molecule has 0 spiro atoms. The van der Waals surface area contributed by atoms with Gasteiger partial charge in [-0.05, 0) is 54.8 Å². The molecule has 1 atom stereocenters. The van der Waals surface area contributed by atoms with Gasteiger partial charge in [-0.1, -0.05) is 18.6 Å². The molecule has 2 fully saturated rings. The first-order chi connectivity index (χ1) is 14.9. The highest BCUT2D eigenvalue weighted by atomic mass is 35.5. The van der Waals surface area contributed by atoms with Gasteiger partial charge in [-0.15, -0.1) is 24.8 Å². The van der Waals surface area contributed by atoms with E-state index in [9.17, 15) is 22.4 Å². The van der Waals surface area contributed by atoms with Crippen molar-refractivity contribution in [1.29, 1.82) is 0 Å². The molecule has 2 saturated heterocycles. The second-order valence-electron chi connectivity index (χ2n) is 8.11. The molecule has 2 aromatic rings. The summed E-state index contributed by atoms with van der Waals surface area (Å²) in [6, 6.07) is 6.40. The van der Waals surface area contributed by atoms with E-state index in [2.05, 4.69) is 5.32 Å². The summed E-state index contributed by atoms with van der Waals surface area (Å²) in [6.07, 6.45) is 2.92. The van der Waals surface area contributed by atoms with E-state index in [0.717, 1.165) is 50.1 Å². The lowest BCUT2D eigenvalue weighted by Gasteiger charge is -2.41. The summed E-state index contributed by atoms with van der Waals surface area (Å²) in [4.78, 5) is 16.6. The van der Waals surface area contributed by atoms with E-state index in [0.29, 0.717) is 37.3 Å². The molecule has 0 aliphatic carbocycles. The third-order valence-electron chi connectivity index (χ3n) is 6.12. The molecular weight excluding hydrogens is 481 g/mol. The van der Waals surface area contributed by atoms with Crippen molar-refractivity contribution in [2.24, 2.45) is 0 Å². The zero-order valence-corrected chi connectivity index (χ0v) is 19.5. The number of nitrogens with zero attached hydrogens (tertiary/aromatic N) is 2. The first kappa shape index (κ1) is 27.4. The molecule has 1 unspecified atom stereocenters. The molecule has 4 rings (SSSR count). The quantitative estimate of drug-likeness (QED) is 0.620. The van der Waals surface area contributed by atoms with Gasteiger partial charge in [0.25, 0.3) is 0 Å². The Balaban J connectivity index is 0.00000193. The molecule has 0 radical (unpaired) electrons. The molecule has 0 aromatic heterocycles. The van der Waals surface area contributed by atoms with E-state index in [4.69, 9.17) is 0 Å². The number of hydrogen-bond acceptors (Lipinski definition) is 3. The van der Waals surface area contributed by atoms with Crippen LogP contribution in [0.4, 0.5) is 17.6 Å². The fourth-order valence-corrected chi connectivity index (χ4v) is 4.46. The molecule has 4 nitrogen and oxygen atoms in total. The second-order valence-corrected chi connectivity index (χ2v) is 8.11. The normalized spacial score (nSPS) is 19.1. The molecule has 182 valence electrons. The molecule has 33 heavy (non-hydrogen) atoms. The van der Waals surface area contributed by atoms with Gasteiger partial charge in [0.2, 0.25) is 5.91 Å². The maximum Gasteiger partial charge on any atom is 0.239 e. The molecule has 1 amide bonds. The smallest absolute Gasteiger partial charge is 0.239 e. The molecule has 0 saturated carbocycles. The van der Waals surface area contributed by atoms with Crippen LogP contribution in [-0.4, -0.2) is 54.5 Å². The lowest BCUT2D eigenvalue weighted by atomic mass is 9.95. The molecule has 1 N–H and O–H groups in total. The first-order valence-corrected chi connectivity index (χ1v) is 10.6. The molecule has 10 heteroatoms. The van der Waals surface area contributed by atoms with Crippen LogP contribution in [0.1, 0.15) is 36.4 Å². The van der Waals surface area contributed by atoms with E-state index >= 15 is 0 Å². The highest BCUT2D eigenvalue weighted by Crippen LogP contribution is 2.31. The molecule has 0 bridgehead atoms. The first-order valence-electron chi connectivity index (χ1n) is 10.6. The van der Waals surface area contributed by atoms with E-state index in [1.165, 1.54) is 12.1 Å². The summed E-state index contributed by atoms with van der Waals surface area (Å²) in [5, 5.41) is 3.27. The maximum absolute atomic E-state index is 14.0. The summed E-state index contributed by atoms with van der Waals surface area (Å²) in [6.45, 7) is 2.73. The fraction of sp³-hybridized carbons (Fsp3) is 0.435. The van der Waals surface area contributed by atoms with Crippen molar-refractivity contribution in [2.75, 3.05) is 32.7 Å². The van der Waals surface area contributed by atoms with Gasteiger partial charge in [-0.25, -0.2) is 17.6 Å². The van der Waals surface area contributed by atoms with Crippen molar-refractivity contribution >= 4 is 30.7 Å². The number of rotatable bonds is 4. The Morgan fingerprint density at radius 1 is 0.818 bits per heavy atom. The lowest BCUT2D eigenvalue weighted by molar-refractivity contribution is -0.136. The van der Waals surface area contributed by atoms with E-state index in [-0.39, 0.29) is 36.8 Å². The maximum atomic E-state index is 14.0. The zero-order valence-electron chi connectivity index (χ0n) is 17.9. The van der Waals surface area contributed by atoms with Crippen LogP contribution < -0.4 is 5.32 Å². The highest BCUT2D eigenvalue weighted by Gasteiger charge is 2.32. The Hall–Kier alpha value is -1.87. The second kappa shape index (κ2) is 12.0. The van der Waals surface area contributed by atoms with Gasteiger partial charge in [0.15, 0.2) is 23.3 Å². The number of hydrogen-bond donors (Lipinski definition) is 1. The van der Waals surface area contributed by atoms with Gasteiger partial charge >= 0.3 is 0 Å². The van der Waals surface area contributed by atoms with Crippen LogP contribution in [-0.2, 0) is 4.79 Å². The lowest BCUT2D eigenvalue weighted by Crippen LogP contribution is -2.55. The Labute approximate surface area is 203 Å². The minimum absolute atomic E-state index is 0. The Kier molecular flexibility index (Phi) is 9.97. The van der Waals surface area contributed by atoms with Crippen LogP contribution in [0, 0.1) is 23.3 Å². The SMILES string of the molecule is Cl.Cl.O=C(C1CCCCN1)N1CCN(C(c2ccc(F)c(F)c2)c2ccc(F)c(F)c2)CC1. The van der Waals surface area contributed by atoms with Gasteiger partial charge in [0, 0.05) is 26.2 Å². The molecular formula is C23H27Cl2F4N3O. The fourth-order valence-electron chi connectivity index (χ4n) is 4.46. The van der Waals surface area contributed by atoms with Crippen LogP contribution >= 0.6 is 24.8 Å². The highest BCUT2D eigenvalue weighted by molar-refractivity contribution is 5.85. The van der Waals surface area contributed by atoms with Crippen molar-refractivity contribution in [3.8, 4) is 0 Å². The van der Waals surface area contributed by atoms with Crippen molar-refractivity contribution in [3.63, 3.8) is 0 Å². The topological polar surface area (TPSA) is 35.6 Å². The Bertz CT molecular complexity index is 900. The van der Waals surface area contributed by atoms with Crippen LogP contribution in [0.5, 0.6) is 0 Å². The van der Waals surface area contributed by atoms with Crippen molar-refractivity contribution in [3.05, 3.63) is 70.8 Å². The predicted molar refractivity (Wildman–Crippen MR) is 123 cm³/mol. The van der Waals surface area contributed by atoms with Crippen LogP contribution in [0.25, 0.3) is 0 Å². The number of amides is 1. The molecule has 2 aliphatic heterocycles. The van der Waals surface area contributed by atoms with Gasteiger partial charge in [-0.2, -0.15) is 0 Å². The van der Waals surface area contributed by atoms with Gasteiger partial charge in [0.05, 0.1) is 12.1 Å². The van der Waals surface area contributed by atoms with E-state index in [1.807, 2.05) is 9.80 Å². The van der Waals surface area contributed by atoms with Gasteiger partial charge < -0.3 is 10.2 Å². The number of benzene rings is 2. The third kappa shape index (κ3) is 6.18. The van der Waals surface area contributed by atoms with E-state index < -0.39 is 29.3 Å². The molecule has 2 aromatic carbocycles. The summed E-state index contributed by atoms with van der Waals surface area (Å²) >= 11 is 0. The van der Waals surface area contributed by atoms with Crippen LogP contribution in [0.3, 0.4) is 0 Å². The number of nitrogens with one attached hydrogen (secondary N) is 1. The number of carbonyl (C=O) groups excluding carboxylic acids is 1. The molecule has 2 heterocycles. The average molecular weight is 508 g/mol. The van der Waals surface area contributed by atoms with Crippen LogP contribution in [0.2, 0.25) is 0 Å². The number of carbonyl (C=O) groups is 1. The number of halogens is 6. The zero-order chi connectivity index (χ0) is 22.0. The third-order valence-corrected chi connectivity index (χ3v) is 6.12. The monoisotopic (exact) mass is 507 g/mol. The summed E-state index contributed by atoms with van der Waals surface area (Å²) < 4.78 is 54.9. The minimum Gasteiger partial charge on any atom is -0.339 e. The standard InChI is InChI=1S/C23H25F4N3O.2ClH/c24-17-6-4-15(13-19(17)26)22(16-5-7-18(25)20(27)14-16)29-9-11-30(12-10-29)23(31)21-3-1-2-8-28-21;;/h4-7,13-14,21-22,28H,1-3,8-12H2;2*1H. The Morgan fingerprint density at radius 2 is 1.36 bits per heavy atom. The average Bonchev–Trinajstić information content (AvgIpc) is 2.79. The van der Waals surface area contributed by atoms with Crippen molar-refractivity contribution in [1.82, 2.24) is 15.1 Å². The van der Waals surface area contributed by atoms with Crippen molar-refractivity contribution in [2.45, 2.75) is 31.3 Å². The minimum atomic E-state index is -0.998. The summed E-state index contributed by atoms with van der Waals surface area (Å²) in [5.74, 6) is -3.85. The van der Waals surface area contributed by atoms with Crippen molar-refractivity contribution < 1.29 is 22.4 Å². The van der Waals surface area contributed by atoms with E-state index in [1.54, 1.807) is 0 Å². The van der Waals surface area contributed by atoms with Crippen LogP contribution in [0.15, 0.2) is 36.4 Å². The number of piperidine rings is 1. The van der Waals surface area contributed by atoms with Gasteiger partial charge in [0.1, 0.15) is 0 Å². The largest absolute Gasteiger partial charge is 0.339 e. The summed E-state index contributed by atoms with van der Waals surface area (Å²) in [7, 11) is 0. The molecule has 2 aliphatic rings. The summed E-state index contributed by atoms with van der Waals surface area (Å²) in [5.41, 5.74) is 0.886. The Morgan fingerprint density at radius 3 is 1.82 bits per heavy atom. The van der Waals surface area contributed by atoms with Gasteiger partial charge in [-0.3, -0.25) is 9.69 Å². The number of piperazine rings is 1. The predicted octanol–water partition coefficient (Wildman–Crippen LogP) is 4.46.